The quantitative estimate of drug-likeness (QED) is 0.830. The molecule has 1 rings (SSSR count). The van der Waals surface area contributed by atoms with Gasteiger partial charge in [-0.15, -0.1) is 0 Å². The van der Waals surface area contributed by atoms with E-state index in [4.69, 9.17) is 0 Å². The second-order valence-electron chi connectivity index (χ2n) is 5.36. The van der Waals surface area contributed by atoms with Crippen LogP contribution in [-0.2, 0) is 7.05 Å². The van der Waals surface area contributed by atoms with Crippen LogP contribution in [0.2, 0.25) is 0 Å². The predicted molar refractivity (Wildman–Crippen MR) is 78.8 cm³/mol. The molecule has 0 atom stereocenters. The van der Waals surface area contributed by atoms with Crippen molar-refractivity contribution < 1.29 is 4.79 Å². The van der Waals surface area contributed by atoms with Gasteiger partial charge in [-0.05, 0) is 33.8 Å². The Bertz CT molecular complexity index is 500. The SMILES string of the molecule is CC(C)N(CCNC(=O)c1ccc(=O)n(C)n1)C(C)C. The number of carbonyl (C=O) groups excluding carboxylic acids is 1. The number of nitrogens with zero attached hydrogens (tertiary/aromatic N) is 3. The van der Waals surface area contributed by atoms with Crippen LogP contribution in [0.15, 0.2) is 16.9 Å². The van der Waals surface area contributed by atoms with Gasteiger partial charge >= 0.3 is 0 Å². The Kier molecular flexibility index (Phi) is 5.88. The summed E-state index contributed by atoms with van der Waals surface area (Å²) in [5, 5.41) is 6.75. The second-order valence-corrected chi connectivity index (χ2v) is 5.36. The molecular weight excluding hydrogens is 256 g/mol. The molecule has 0 spiro atoms. The van der Waals surface area contributed by atoms with Crippen LogP contribution in [0.1, 0.15) is 38.2 Å². The lowest BCUT2D eigenvalue weighted by atomic mass is 10.2. The van der Waals surface area contributed by atoms with E-state index in [1.807, 2.05) is 0 Å². The van der Waals surface area contributed by atoms with Crippen molar-refractivity contribution in [2.75, 3.05) is 13.1 Å². The van der Waals surface area contributed by atoms with Crippen LogP contribution in [0.3, 0.4) is 0 Å². The molecule has 0 fully saturated rings. The minimum absolute atomic E-state index is 0.229. The first-order valence-corrected chi connectivity index (χ1v) is 6.91. The molecule has 6 nitrogen and oxygen atoms in total. The van der Waals surface area contributed by atoms with Gasteiger partial charge in [-0.1, -0.05) is 0 Å². The van der Waals surface area contributed by atoms with Crippen molar-refractivity contribution in [1.29, 1.82) is 0 Å². The van der Waals surface area contributed by atoms with Crippen LogP contribution in [0.4, 0.5) is 0 Å². The number of hydrogen-bond acceptors (Lipinski definition) is 4. The highest BCUT2D eigenvalue weighted by Crippen LogP contribution is 2.03. The van der Waals surface area contributed by atoms with Gasteiger partial charge in [-0.2, -0.15) is 5.10 Å². The Morgan fingerprint density at radius 3 is 2.40 bits per heavy atom. The molecule has 20 heavy (non-hydrogen) atoms. The molecule has 0 aromatic carbocycles. The number of aromatic nitrogens is 2. The Hall–Kier alpha value is -1.69. The van der Waals surface area contributed by atoms with E-state index in [0.29, 0.717) is 18.6 Å². The summed E-state index contributed by atoms with van der Waals surface area (Å²) in [7, 11) is 1.53. The van der Waals surface area contributed by atoms with Gasteiger partial charge in [0.25, 0.3) is 11.5 Å². The number of carbonyl (C=O) groups is 1. The molecule has 112 valence electrons. The number of nitrogens with one attached hydrogen (secondary N) is 1. The number of aryl methyl sites for hydroxylation is 1. The molecular formula is C14H24N4O2. The van der Waals surface area contributed by atoms with E-state index in [1.54, 1.807) is 0 Å². The summed E-state index contributed by atoms with van der Waals surface area (Å²) < 4.78 is 1.16. The zero-order valence-corrected chi connectivity index (χ0v) is 12.9. The Morgan fingerprint density at radius 1 is 1.30 bits per heavy atom. The summed E-state index contributed by atoms with van der Waals surface area (Å²) in [6.07, 6.45) is 0. The highest BCUT2D eigenvalue weighted by atomic mass is 16.2. The van der Waals surface area contributed by atoms with E-state index >= 15 is 0 Å². The summed E-state index contributed by atoms with van der Waals surface area (Å²) in [6.45, 7) is 9.88. The van der Waals surface area contributed by atoms with E-state index < -0.39 is 0 Å². The molecule has 1 heterocycles. The molecule has 0 bridgehead atoms. The Morgan fingerprint density at radius 2 is 1.90 bits per heavy atom. The molecule has 0 aliphatic heterocycles. The van der Waals surface area contributed by atoms with Crippen LogP contribution in [0.25, 0.3) is 0 Å². The van der Waals surface area contributed by atoms with Crippen LogP contribution in [-0.4, -0.2) is 45.8 Å². The lowest BCUT2D eigenvalue weighted by molar-refractivity contribution is 0.0932. The van der Waals surface area contributed by atoms with Crippen molar-refractivity contribution in [3.63, 3.8) is 0 Å². The van der Waals surface area contributed by atoms with Crippen molar-refractivity contribution in [3.05, 3.63) is 28.2 Å². The fourth-order valence-corrected chi connectivity index (χ4v) is 2.13. The third-order valence-corrected chi connectivity index (χ3v) is 3.18. The van der Waals surface area contributed by atoms with Crippen molar-refractivity contribution >= 4 is 5.91 Å². The van der Waals surface area contributed by atoms with Gasteiger partial charge in [0.15, 0.2) is 0 Å². The summed E-state index contributed by atoms with van der Waals surface area (Å²) in [4.78, 5) is 25.4. The summed E-state index contributed by atoms with van der Waals surface area (Å²) >= 11 is 0. The maximum atomic E-state index is 11.9. The fraction of sp³-hybridized carbons (Fsp3) is 0.643. The summed E-state index contributed by atoms with van der Waals surface area (Å²) in [6, 6.07) is 3.65. The minimum Gasteiger partial charge on any atom is -0.349 e. The molecule has 0 radical (unpaired) electrons. The third kappa shape index (κ3) is 4.45. The average molecular weight is 280 g/mol. The second kappa shape index (κ2) is 7.19. The van der Waals surface area contributed by atoms with Gasteiger partial charge in [0.2, 0.25) is 0 Å². The van der Waals surface area contributed by atoms with Gasteiger partial charge < -0.3 is 5.32 Å². The maximum Gasteiger partial charge on any atom is 0.271 e. The smallest absolute Gasteiger partial charge is 0.271 e. The molecule has 1 N–H and O–H groups in total. The molecule has 1 aromatic rings. The zero-order valence-electron chi connectivity index (χ0n) is 12.9. The molecule has 0 saturated carbocycles. The van der Waals surface area contributed by atoms with Crippen molar-refractivity contribution in [2.24, 2.45) is 7.05 Å². The minimum atomic E-state index is -0.256. The maximum absolute atomic E-state index is 11.9. The highest BCUT2D eigenvalue weighted by molar-refractivity contribution is 5.91. The lowest BCUT2D eigenvalue weighted by Crippen LogP contribution is -2.42. The van der Waals surface area contributed by atoms with E-state index in [2.05, 4.69) is 43.0 Å². The van der Waals surface area contributed by atoms with E-state index in [1.165, 1.54) is 19.2 Å². The van der Waals surface area contributed by atoms with Crippen molar-refractivity contribution in [3.8, 4) is 0 Å². The monoisotopic (exact) mass is 280 g/mol. The molecule has 0 aliphatic carbocycles. The van der Waals surface area contributed by atoms with Gasteiger partial charge in [-0.25, -0.2) is 4.68 Å². The fourth-order valence-electron chi connectivity index (χ4n) is 2.13. The molecule has 0 aliphatic rings. The first kappa shape index (κ1) is 16.4. The van der Waals surface area contributed by atoms with Crippen LogP contribution < -0.4 is 10.9 Å². The lowest BCUT2D eigenvalue weighted by Gasteiger charge is -2.30. The molecule has 0 unspecified atom stereocenters. The number of rotatable bonds is 6. The van der Waals surface area contributed by atoms with Crippen molar-refractivity contribution in [1.82, 2.24) is 20.0 Å². The molecule has 6 heteroatoms. The largest absolute Gasteiger partial charge is 0.349 e. The van der Waals surface area contributed by atoms with E-state index in [9.17, 15) is 9.59 Å². The first-order chi connectivity index (χ1) is 9.32. The van der Waals surface area contributed by atoms with Crippen LogP contribution in [0, 0.1) is 0 Å². The standard InChI is InChI=1S/C14H24N4O2/c1-10(2)18(11(3)4)9-8-15-14(20)12-6-7-13(19)17(5)16-12/h6-7,10-11H,8-9H2,1-5H3,(H,15,20). The average Bonchev–Trinajstić information content (AvgIpc) is 2.36. The Balaban J connectivity index is 2.55. The zero-order chi connectivity index (χ0) is 15.3. The number of hydrogen-bond donors (Lipinski definition) is 1. The third-order valence-electron chi connectivity index (χ3n) is 3.18. The van der Waals surface area contributed by atoms with Gasteiger partial charge in [0.1, 0.15) is 5.69 Å². The van der Waals surface area contributed by atoms with E-state index in [-0.39, 0.29) is 17.2 Å². The Labute approximate surface area is 119 Å². The summed E-state index contributed by atoms with van der Waals surface area (Å²) in [5.74, 6) is -0.256. The normalized spacial score (nSPS) is 11.4. The van der Waals surface area contributed by atoms with Crippen LogP contribution >= 0.6 is 0 Å². The van der Waals surface area contributed by atoms with Gasteiger partial charge in [0, 0.05) is 38.3 Å². The first-order valence-electron chi connectivity index (χ1n) is 6.91. The van der Waals surface area contributed by atoms with Gasteiger partial charge in [0.05, 0.1) is 0 Å². The summed E-state index contributed by atoms with van der Waals surface area (Å²) in [5.41, 5.74) is 0.0279. The highest BCUT2D eigenvalue weighted by Gasteiger charge is 2.14. The topological polar surface area (TPSA) is 67.2 Å². The molecule has 0 saturated heterocycles. The van der Waals surface area contributed by atoms with Crippen LogP contribution in [0.5, 0.6) is 0 Å². The van der Waals surface area contributed by atoms with Crippen molar-refractivity contribution in [2.45, 2.75) is 39.8 Å². The van der Waals surface area contributed by atoms with E-state index in [0.717, 1.165) is 11.2 Å². The molecule has 1 aromatic heterocycles. The molecule has 1 amide bonds. The number of amides is 1. The predicted octanol–water partition coefficient (Wildman–Crippen LogP) is 0.629. The van der Waals surface area contributed by atoms with Gasteiger partial charge in [-0.3, -0.25) is 14.5 Å².